The predicted molar refractivity (Wildman–Crippen MR) is 79.2 cm³/mol. The summed E-state index contributed by atoms with van der Waals surface area (Å²) in [5, 5.41) is 3.73. The lowest BCUT2D eigenvalue weighted by molar-refractivity contribution is 0.260. The minimum atomic E-state index is 0.294. The molecule has 1 nitrogen and oxygen atoms in total. The van der Waals surface area contributed by atoms with Crippen molar-refractivity contribution in [3.05, 3.63) is 34.3 Å². The van der Waals surface area contributed by atoms with Crippen LogP contribution in [0.25, 0.3) is 0 Å². The molecule has 1 aromatic carbocycles. The molecule has 1 N–H and O–H groups in total. The zero-order chi connectivity index (χ0) is 13.1. The lowest BCUT2D eigenvalue weighted by Crippen LogP contribution is -2.39. The number of hydrogen-bond donors (Lipinski definition) is 1. The fourth-order valence-electron chi connectivity index (χ4n) is 1.70. The highest BCUT2D eigenvalue weighted by Crippen LogP contribution is 2.25. The van der Waals surface area contributed by atoms with Crippen molar-refractivity contribution < 1.29 is 0 Å². The molecular weight excluding hydrogens is 274 g/mol. The normalized spacial score (nSPS) is 15.6. The summed E-state index contributed by atoms with van der Waals surface area (Å²) in [7, 11) is 0. The van der Waals surface area contributed by atoms with Crippen molar-refractivity contribution in [3.63, 3.8) is 0 Å². The highest BCUT2D eigenvalue weighted by molar-refractivity contribution is 9.10. The number of nitrogens with one attached hydrogen (secondary N) is 1. The zero-order valence-electron chi connectivity index (χ0n) is 11.5. The van der Waals surface area contributed by atoms with Gasteiger partial charge in [-0.1, -0.05) is 55.8 Å². The number of benzene rings is 1. The minimum Gasteiger partial charge on any atom is -0.307 e. The van der Waals surface area contributed by atoms with Crippen LogP contribution in [0.15, 0.2) is 28.7 Å². The molecule has 0 saturated carbocycles. The molecule has 2 unspecified atom stereocenters. The maximum atomic E-state index is 3.73. The van der Waals surface area contributed by atoms with E-state index in [-0.39, 0.29) is 0 Å². The molecule has 96 valence electrons. The van der Waals surface area contributed by atoms with Crippen molar-refractivity contribution in [1.29, 1.82) is 0 Å². The molecule has 0 spiro atoms. The van der Waals surface area contributed by atoms with Gasteiger partial charge in [0, 0.05) is 16.6 Å². The van der Waals surface area contributed by atoms with Gasteiger partial charge in [-0.25, -0.2) is 0 Å². The van der Waals surface area contributed by atoms with Crippen LogP contribution in [0.2, 0.25) is 0 Å². The van der Waals surface area contributed by atoms with Crippen molar-refractivity contribution in [2.24, 2.45) is 5.41 Å². The smallest absolute Gasteiger partial charge is 0.0320 e. The van der Waals surface area contributed by atoms with Gasteiger partial charge in [-0.15, -0.1) is 0 Å². The van der Waals surface area contributed by atoms with Gasteiger partial charge < -0.3 is 5.32 Å². The lowest BCUT2D eigenvalue weighted by atomic mass is 9.87. The Labute approximate surface area is 114 Å². The van der Waals surface area contributed by atoms with E-state index in [0.29, 0.717) is 17.5 Å². The van der Waals surface area contributed by atoms with Gasteiger partial charge in [-0.2, -0.15) is 0 Å². The van der Waals surface area contributed by atoms with E-state index in [1.807, 2.05) is 0 Å². The van der Waals surface area contributed by atoms with Crippen LogP contribution in [-0.4, -0.2) is 6.04 Å². The quantitative estimate of drug-likeness (QED) is 0.831. The maximum absolute atomic E-state index is 3.73. The van der Waals surface area contributed by atoms with Crippen molar-refractivity contribution in [2.45, 2.75) is 53.1 Å². The van der Waals surface area contributed by atoms with Gasteiger partial charge in [0.1, 0.15) is 0 Å². The second-order valence-electron chi connectivity index (χ2n) is 5.77. The Hall–Kier alpha value is -0.340. The average Bonchev–Trinajstić information content (AvgIpc) is 2.25. The first-order valence-corrected chi connectivity index (χ1v) is 7.15. The summed E-state index contributed by atoms with van der Waals surface area (Å²) in [6, 6.07) is 9.55. The fraction of sp³-hybridized carbons (Fsp3) is 0.600. The summed E-state index contributed by atoms with van der Waals surface area (Å²) in [4.78, 5) is 0. The molecule has 0 aliphatic rings. The van der Waals surface area contributed by atoms with E-state index in [1.165, 1.54) is 5.56 Å². The Kier molecular flexibility index (Phi) is 5.21. The summed E-state index contributed by atoms with van der Waals surface area (Å²) in [5.41, 5.74) is 1.66. The molecule has 0 fully saturated rings. The van der Waals surface area contributed by atoms with E-state index in [1.54, 1.807) is 0 Å². The molecule has 2 heteroatoms. The van der Waals surface area contributed by atoms with Crippen LogP contribution in [0.4, 0.5) is 0 Å². The van der Waals surface area contributed by atoms with Gasteiger partial charge in [-0.05, 0) is 36.5 Å². The van der Waals surface area contributed by atoms with Crippen LogP contribution in [-0.2, 0) is 0 Å². The molecule has 0 aromatic heterocycles. The van der Waals surface area contributed by atoms with Gasteiger partial charge in [0.15, 0.2) is 0 Å². The molecule has 0 radical (unpaired) electrons. The van der Waals surface area contributed by atoms with Crippen LogP contribution in [0, 0.1) is 5.41 Å². The first kappa shape index (κ1) is 14.7. The summed E-state index contributed by atoms with van der Waals surface area (Å²) < 4.78 is 1.14. The third-order valence-electron chi connectivity index (χ3n) is 3.43. The molecule has 2 atom stereocenters. The molecule has 0 amide bonds. The van der Waals surface area contributed by atoms with Gasteiger partial charge in [0.2, 0.25) is 0 Å². The van der Waals surface area contributed by atoms with Crippen LogP contribution >= 0.6 is 15.9 Å². The van der Waals surface area contributed by atoms with Crippen LogP contribution in [0.3, 0.4) is 0 Å². The standard InChI is InChI=1S/C15H24BrN/c1-6-14(17-11(2)15(3,4)5)12-7-9-13(16)10-8-12/h7-11,14,17H,6H2,1-5H3. The summed E-state index contributed by atoms with van der Waals surface area (Å²) >= 11 is 3.48. The first-order chi connectivity index (χ1) is 7.84. The minimum absolute atomic E-state index is 0.294. The number of rotatable bonds is 4. The molecule has 0 heterocycles. The Morgan fingerprint density at radius 2 is 1.71 bits per heavy atom. The monoisotopic (exact) mass is 297 g/mol. The second-order valence-corrected chi connectivity index (χ2v) is 6.68. The van der Waals surface area contributed by atoms with Crippen LogP contribution in [0.1, 0.15) is 52.6 Å². The molecule has 0 saturated heterocycles. The Morgan fingerprint density at radius 3 is 2.12 bits per heavy atom. The van der Waals surface area contributed by atoms with Crippen molar-refractivity contribution in [1.82, 2.24) is 5.32 Å². The Balaban J connectivity index is 2.75. The average molecular weight is 298 g/mol. The molecule has 17 heavy (non-hydrogen) atoms. The number of hydrogen-bond acceptors (Lipinski definition) is 1. The van der Waals surface area contributed by atoms with E-state index in [4.69, 9.17) is 0 Å². The van der Waals surface area contributed by atoms with Crippen molar-refractivity contribution in [2.75, 3.05) is 0 Å². The van der Waals surface area contributed by atoms with Crippen molar-refractivity contribution in [3.8, 4) is 0 Å². The molecule has 0 aliphatic carbocycles. The van der Waals surface area contributed by atoms with E-state index in [2.05, 4.69) is 80.1 Å². The van der Waals surface area contributed by atoms with Crippen LogP contribution < -0.4 is 5.32 Å². The predicted octanol–water partition coefficient (Wildman–Crippen LogP) is 4.92. The van der Waals surface area contributed by atoms with Gasteiger partial charge >= 0.3 is 0 Å². The molecule has 1 rings (SSSR count). The summed E-state index contributed by atoms with van der Waals surface area (Å²) in [5.74, 6) is 0. The first-order valence-electron chi connectivity index (χ1n) is 6.36. The van der Waals surface area contributed by atoms with E-state index in [9.17, 15) is 0 Å². The summed E-state index contributed by atoms with van der Waals surface area (Å²) in [6.07, 6.45) is 1.11. The molecule has 1 aromatic rings. The molecule has 0 aliphatic heterocycles. The molecule has 0 bridgehead atoms. The van der Waals surface area contributed by atoms with E-state index in [0.717, 1.165) is 10.9 Å². The Morgan fingerprint density at radius 1 is 1.18 bits per heavy atom. The zero-order valence-corrected chi connectivity index (χ0v) is 13.1. The number of halogens is 1. The Bertz CT molecular complexity index is 337. The third-order valence-corrected chi connectivity index (χ3v) is 3.96. The highest BCUT2D eigenvalue weighted by atomic mass is 79.9. The topological polar surface area (TPSA) is 12.0 Å². The second kappa shape index (κ2) is 6.01. The van der Waals surface area contributed by atoms with E-state index < -0.39 is 0 Å². The SMILES string of the molecule is CCC(NC(C)C(C)(C)C)c1ccc(Br)cc1. The third kappa shape index (κ3) is 4.44. The summed E-state index contributed by atoms with van der Waals surface area (Å²) in [6.45, 7) is 11.3. The lowest BCUT2D eigenvalue weighted by Gasteiger charge is -2.32. The van der Waals surface area contributed by atoms with Gasteiger partial charge in [0.05, 0.1) is 0 Å². The van der Waals surface area contributed by atoms with Crippen LogP contribution in [0.5, 0.6) is 0 Å². The van der Waals surface area contributed by atoms with Crippen molar-refractivity contribution >= 4 is 15.9 Å². The maximum Gasteiger partial charge on any atom is 0.0320 e. The highest BCUT2D eigenvalue weighted by Gasteiger charge is 2.22. The van der Waals surface area contributed by atoms with E-state index >= 15 is 0 Å². The molecular formula is C15H24BrN. The fourth-order valence-corrected chi connectivity index (χ4v) is 1.96. The largest absolute Gasteiger partial charge is 0.307 e. The van der Waals surface area contributed by atoms with Gasteiger partial charge in [0.25, 0.3) is 0 Å². The van der Waals surface area contributed by atoms with Gasteiger partial charge in [-0.3, -0.25) is 0 Å².